The van der Waals surface area contributed by atoms with Crippen LogP contribution in [0.25, 0.3) is 33.3 Å². The highest BCUT2D eigenvalue weighted by Crippen LogP contribution is 2.28. The van der Waals surface area contributed by atoms with E-state index in [4.69, 9.17) is 0 Å². The maximum atomic E-state index is 13.5. The molecule has 0 fully saturated rings. The van der Waals surface area contributed by atoms with Crippen molar-refractivity contribution in [3.8, 4) is 22.4 Å². The Kier molecular flexibility index (Phi) is 4.31. The first kappa shape index (κ1) is 17.7. The highest BCUT2D eigenvalue weighted by molar-refractivity contribution is 6.03. The number of hydrogen-bond acceptors (Lipinski definition) is 2. The zero-order valence-corrected chi connectivity index (χ0v) is 14.3. The van der Waals surface area contributed by atoms with E-state index in [9.17, 15) is 23.1 Å². The third kappa shape index (κ3) is 3.20. The van der Waals surface area contributed by atoms with Crippen molar-refractivity contribution >= 4 is 16.9 Å². The first-order valence-electron chi connectivity index (χ1n) is 8.32. The van der Waals surface area contributed by atoms with Crippen LogP contribution in [0.15, 0.2) is 66.7 Å². The summed E-state index contributed by atoms with van der Waals surface area (Å²) in [6.45, 7) is 0. The van der Waals surface area contributed by atoms with E-state index in [1.54, 1.807) is 24.3 Å². The minimum atomic E-state index is -1.18. The van der Waals surface area contributed by atoms with Gasteiger partial charge in [-0.1, -0.05) is 30.3 Å². The average molecular weight is 379 g/mol. The zero-order valence-electron chi connectivity index (χ0n) is 14.3. The van der Waals surface area contributed by atoms with Gasteiger partial charge in [-0.2, -0.15) is 0 Å². The number of hydrogen-bond donors (Lipinski definition) is 1. The SMILES string of the molecule is O=C(O)c1cc(-c2ccc(-c3ccc(F)c(F)c3)cc2)nc2ccc(F)cc12. The Hall–Kier alpha value is -3.67. The molecular weight excluding hydrogens is 367 g/mol. The van der Waals surface area contributed by atoms with Crippen LogP contribution in [0.3, 0.4) is 0 Å². The van der Waals surface area contributed by atoms with Crippen molar-refractivity contribution in [2.75, 3.05) is 0 Å². The van der Waals surface area contributed by atoms with E-state index >= 15 is 0 Å². The average Bonchev–Trinajstić information content (AvgIpc) is 2.69. The predicted octanol–water partition coefficient (Wildman–Crippen LogP) is 5.68. The van der Waals surface area contributed by atoms with Crippen LogP contribution < -0.4 is 0 Å². The van der Waals surface area contributed by atoms with E-state index < -0.39 is 23.4 Å². The van der Waals surface area contributed by atoms with Crippen LogP contribution in [0.4, 0.5) is 13.2 Å². The van der Waals surface area contributed by atoms with Crippen molar-refractivity contribution in [2.24, 2.45) is 0 Å². The third-order valence-corrected chi connectivity index (χ3v) is 4.43. The Bertz CT molecular complexity index is 1220. The van der Waals surface area contributed by atoms with Crippen molar-refractivity contribution in [1.29, 1.82) is 0 Å². The van der Waals surface area contributed by atoms with Crippen LogP contribution in [0.5, 0.6) is 0 Å². The molecule has 4 aromatic rings. The van der Waals surface area contributed by atoms with Gasteiger partial charge in [0.2, 0.25) is 0 Å². The lowest BCUT2D eigenvalue weighted by Gasteiger charge is -2.09. The van der Waals surface area contributed by atoms with E-state index in [2.05, 4.69) is 4.98 Å². The minimum absolute atomic E-state index is 0.0517. The van der Waals surface area contributed by atoms with Crippen molar-refractivity contribution in [1.82, 2.24) is 4.98 Å². The summed E-state index contributed by atoms with van der Waals surface area (Å²) in [5, 5.41) is 9.69. The van der Waals surface area contributed by atoms with Gasteiger partial charge in [0.15, 0.2) is 11.6 Å². The highest BCUT2D eigenvalue weighted by Gasteiger charge is 2.14. The van der Waals surface area contributed by atoms with E-state index in [1.807, 2.05) is 0 Å². The maximum absolute atomic E-state index is 13.5. The number of benzene rings is 3. The molecule has 0 saturated carbocycles. The van der Waals surface area contributed by atoms with Crippen LogP contribution in [0.2, 0.25) is 0 Å². The van der Waals surface area contributed by atoms with Crippen molar-refractivity contribution in [3.63, 3.8) is 0 Å². The summed E-state index contributed by atoms with van der Waals surface area (Å²) in [5.74, 6) is -3.58. The Balaban J connectivity index is 1.78. The second-order valence-electron chi connectivity index (χ2n) is 6.23. The highest BCUT2D eigenvalue weighted by atomic mass is 19.2. The number of carboxylic acid groups (broad SMARTS) is 1. The number of fused-ring (bicyclic) bond motifs is 1. The summed E-state index contributed by atoms with van der Waals surface area (Å²) in [6.07, 6.45) is 0. The van der Waals surface area contributed by atoms with Crippen molar-refractivity contribution in [2.45, 2.75) is 0 Å². The lowest BCUT2D eigenvalue weighted by molar-refractivity contribution is 0.0699. The standard InChI is InChI=1S/C22H12F3NO2/c23-15-6-8-20-16(10-15)17(22(27)28)11-21(26-20)13-3-1-12(2-4-13)14-5-7-18(24)19(25)9-14/h1-11H,(H,27,28). The molecule has 3 nitrogen and oxygen atoms in total. The van der Waals surface area contributed by atoms with Crippen LogP contribution in [-0.2, 0) is 0 Å². The summed E-state index contributed by atoms with van der Waals surface area (Å²) in [7, 11) is 0. The molecule has 0 bridgehead atoms. The molecule has 6 heteroatoms. The van der Waals surface area contributed by atoms with E-state index in [-0.39, 0.29) is 10.9 Å². The van der Waals surface area contributed by atoms with E-state index in [0.29, 0.717) is 27.9 Å². The monoisotopic (exact) mass is 379 g/mol. The molecule has 138 valence electrons. The zero-order chi connectivity index (χ0) is 19.8. The Labute approximate surface area is 157 Å². The largest absolute Gasteiger partial charge is 0.478 e. The molecule has 0 aliphatic rings. The lowest BCUT2D eigenvalue weighted by atomic mass is 10.0. The predicted molar refractivity (Wildman–Crippen MR) is 99.4 cm³/mol. The van der Waals surface area contributed by atoms with Gasteiger partial charge in [-0.25, -0.2) is 22.9 Å². The molecule has 3 aromatic carbocycles. The van der Waals surface area contributed by atoms with Crippen molar-refractivity contribution in [3.05, 3.63) is 89.7 Å². The number of pyridine rings is 1. The van der Waals surface area contributed by atoms with Crippen molar-refractivity contribution < 1.29 is 23.1 Å². The molecule has 28 heavy (non-hydrogen) atoms. The van der Waals surface area contributed by atoms with E-state index in [0.717, 1.165) is 18.2 Å². The summed E-state index contributed by atoms with van der Waals surface area (Å²) in [6, 6.07) is 15.6. The molecule has 0 aliphatic heterocycles. The third-order valence-electron chi connectivity index (χ3n) is 4.43. The fourth-order valence-corrected chi connectivity index (χ4v) is 3.03. The van der Waals surface area contributed by atoms with Gasteiger partial charge in [0, 0.05) is 10.9 Å². The van der Waals surface area contributed by atoms with Gasteiger partial charge in [0.1, 0.15) is 5.82 Å². The Morgan fingerprint density at radius 2 is 1.43 bits per heavy atom. The number of aromatic nitrogens is 1. The fraction of sp³-hybridized carbons (Fsp3) is 0. The molecule has 4 rings (SSSR count). The fourth-order valence-electron chi connectivity index (χ4n) is 3.03. The number of halogens is 3. The number of carbonyl (C=O) groups is 1. The van der Waals surface area contributed by atoms with Gasteiger partial charge in [0.25, 0.3) is 0 Å². The van der Waals surface area contributed by atoms with E-state index in [1.165, 1.54) is 24.3 Å². The molecule has 0 unspecified atom stereocenters. The molecule has 0 atom stereocenters. The molecule has 0 amide bonds. The number of aromatic carboxylic acids is 1. The molecular formula is C22H12F3NO2. The number of rotatable bonds is 3. The van der Waals surface area contributed by atoms with Gasteiger partial charge in [0.05, 0.1) is 16.8 Å². The van der Waals surface area contributed by atoms with Gasteiger partial charge in [-0.15, -0.1) is 0 Å². The lowest BCUT2D eigenvalue weighted by Crippen LogP contribution is -2.00. The summed E-state index contributed by atoms with van der Waals surface area (Å²) in [5.41, 5.74) is 2.54. The molecule has 1 aromatic heterocycles. The quantitative estimate of drug-likeness (QED) is 0.498. The number of nitrogens with zero attached hydrogens (tertiary/aromatic N) is 1. The summed E-state index contributed by atoms with van der Waals surface area (Å²) in [4.78, 5) is 16.0. The first-order chi connectivity index (χ1) is 13.4. The molecule has 1 N–H and O–H groups in total. The van der Waals surface area contributed by atoms with Gasteiger partial charge >= 0.3 is 5.97 Å². The smallest absolute Gasteiger partial charge is 0.336 e. The first-order valence-corrected chi connectivity index (χ1v) is 8.32. The molecule has 1 heterocycles. The molecule has 0 spiro atoms. The van der Waals surface area contributed by atoms with Crippen LogP contribution in [0.1, 0.15) is 10.4 Å². The number of carboxylic acids is 1. The summed E-state index contributed by atoms with van der Waals surface area (Å²) >= 11 is 0. The van der Waals surface area contributed by atoms with Gasteiger partial charge in [-0.3, -0.25) is 0 Å². The molecule has 0 radical (unpaired) electrons. The minimum Gasteiger partial charge on any atom is -0.478 e. The normalized spacial score (nSPS) is 11.0. The van der Waals surface area contributed by atoms with Gasteiger partial charge < -0.3 is 5.11 Å². The summed E-state index contributed by atoms with van der Waals surface area (Å²) < 4.78 is 40.0. The Morgan fingerprint density at radius 1 is 0.750 bits per heavy atom. The molecule has 0 aliphatic carbocycles. The Morgan fingerprint density at radius 3 is 2.11 bits per heavy atom. The van der Waals surface area contributed by atoms with Crippen LogP contribution in [0, 0.1) is 17.5 Å². The van der Waals surface area contributed by atoms with Gasteiger partial charge in [-0.05, 0) is 47.5 Å². The topological polar surface area (TPSA) is 50.2 Å². The second kappa shape index (κ2) is 6.81. The molecule has 0 saturated heterocycles. The maximum Gasteiger partial charge on any atom is 0.336 e. The van der Waals surface area contributed by atoms with Crippen LogP contribution in [-0.4, -0.2) is 16.1 Å². The second-order valence-corrected chi connectivity index (χ2v) is 6.23. The van der Waals surface area contributed by atoms with Crippen LogP contribution >= 0.6 is 0 Å².